The second-order valence-electron chi connectivity index (χ2n) is 14.9. The Morgan fingerprint density at radius 1 is 0.717 bits per heavy atom. The molecule has 60 heavy (non-hydrogen) atoms. The summed E-state index contributed by atoms with van der Waals surface area (Å²) in [6.45, 7) is 8.74. The molecule has 0 unspecified atom stereocenters. The maximum Gasteiger partial charge on any atom is 0.416 e. The summed E-state index contributed by atoms with van der Waals surface area (Å²) in [4.78, 5) is 57.9. The first kappa shape index (κ1) is 43.5. The van der Waals surface area contributed by atoms with Crippen LogP contribution in [0.1, 0.15) is 61.8 Å². The van der Waals surface area contributed by atoms with Gasteiger partial charge in [-0.25, -0.2) is 0 Å². The number of aryl methyl sites for hydroxylation is 1. The van der Waals surface area contributed by atoms with Crippen LogP contribution in [-0.2, 0) is 31.3 Å². The number of non-ortho nitro benzene ring substituents is 1. The number of hydrogen-bond acceptors (Lipinski definition) is 16. The van der Waals surface area contributed by atoms with E-state index >= 15 is 0 Å². The van der Waals surface area contributed by atoms with Crippen LogP contribution in [0.2, 0.25) is 0 Å². The molecule has 4 aliphatic rings. The van der Waals surface area contributed by atoms with E-state index in [0.29, 0.717) is 77.2 Å². The van der Waals surface area contributed by atoms with Crippen LogP contribution in [0.4, 0.5) is 48.0 Å². The van der Waals surface area contributed by atoms with Gasteiger partial charge in [-0.1, -0.05) is 22.7 Å². The van der Waals surface area contributed by atoms with Gasteiger partial charge in [0, 0.05) is 63.5 Å². The van der Waals surface area contributed by atoms with E-state index in [2.05, 4.69) is 9.97 Å². The quantitative estimate of drug-likeness (QED) is 0.113. The molecule has 4 saturated heterocycles. The van der Waals surface area contributed by atoms with Crippen LogP contribution in [0.5, 0.6) is 0 Å². The van der Waals surface area contributed by atoms with Crippen molar-refractivity contribution in [1.29, 1.82) is 0 Å². The molecule has 8 rings (SSSR count). The van der Waals surface area contributed by atoms with Crippen molar-refractivity contribution in [3.63, 3.8) is 0 Å². The van der Waals surface area contributed by atoms with Crippen LogP contribution in [0.3, 0.4) is 0 Å². The Hall–Kier alpha value is -4.62. The summed E-state index contributed by atoms with van der Waals surface area (Å²) in [6.07, 6.45) is -7.59. The Morgan fingerprint density at radius 3 is 1.58 bits per heavy atom. The highest BCUT2D eigenvalue weighted by atomic mass is 32.1. The summed E-state index contributed by atoms with van der Waals surface area (Å²) in [7, 11) is 0. The third-order valence-corrected chi connectivity index (χ3v) is 13.1. The maximum atomic E-state index is 13.3. The lowest BCUT2D eigenvalue weighted by Crippen LogP contribution is -2.45. The zero-order valence-corrected chi connectivity index (χ0v) is 33.9. The van der Waals surface area contributed by atoms with Crippen molar-refractivity contribution in [1.82, 2.24) is 9.97 Å². The fourth-order valence-electron chi connectivity index (χ4n) is 7.85. The Kier molecular flexibility index (Phi) is 11.4. The maximum absolute atomic E-state index is 13.3. The lowest BCUT2D eigenvalue weighted by Gasteiger charge is -2.38. The van der Waals surface area contributed by atoms with Gasteiger partial charge in [0.15, 0.2) is 21.8 Å². The number of anilines is 2. The van der Waals surface area contributed by atoms with E-state index in [4.69, 9.17) is 18.9 Å². The second kappa shape index (κ2) is 15.7. The minimum atomic E-state index is -4.82. The number of nitro groups is 2. The molecule has 0 aliphatic carbocycles. The van der Waals surface area contributed by atoms with Crippen molar-refractivity contribution < 1.29 is 55.1 Å². The standard InChI is InChI=1S/2C18H18F3N3O5S/c1-9-8-28-17(29-9)3-5-23(6-4-17)16-22-15(25)11-7-12(18(19,20)21)10(2)13(24(26)27)14(11)30-16;1-9-8-28-17(29-9)3-5-23(6-4-17)16-22-15(25)13-10(2)11(18(19,20)21)7-12(24(26)27)14(13)30-16/h2*7,9H,3-6,8H2,1-2H3/t2*9-/m00/s1. The average molecular weight is 891 g/mol. The number of nitro benzene ring substituents is 2. The Bertz CT molecular complexity index is 2440. The normalized spacial score (nSPS) is 21.5. The van der Waals surface area contributed by atoms with Crippen molar-refractivity contribution in [2.75, 3.05) is 49.2 Å². The van der Waals surface area contributed by atoms with Crippen LogP contribution in [0, 0.1) is 34.1 Å². The SMILES string of the molecule is Cc1c(C(F)(F)F)cc([N+](=O)[O-])c2sc(N3CCC4(CC3)OC[C@H](C)O4)nc(=O)c12.Cc1c(C(F)(F)F)cc2c(=O)nc(N3CCC4(CC3)OC[C@H](C)O4)sc2c1[N+](=O)[O-]. The first-order valence-electron chi connectivity index (χ1n) is 18.5. The highest BCUT2D eigenvalue weighted by Crippen LogP contribution is 2.45. The van der Waals surface area contributed by atoms with Gasteiger partial charge in [-0.05, 0) is 39.3 Å². The molecule has 6 heterocycles. The molecule has 0 radical (unpaired) electrons. The van der Waals surface area contributed by atoms with E-state index in [-0.39, 0.29) is 42.8 Å². The Balaban J connectivity index is 0.000000181. The van der Waals surface area contributed by atoms with E-state index in [9.17, 15) is 56.2 Å². The molecule has 0 N–H and O–H groups in total. The summed E-state index contributed by atoms with van der Waals surface area (Å²) < 4.78 is 103. The Morgan fingerprint density at radius 2 is 1.17 bits per heavy atom. The molecule has 24 heteroatoms. The molecule has 0 bridgehead atoms. The first-order valence-corrected chi connectivity index (χ1v) is 20.2. The van der Waals surface area contributed by atoms with Gasteiger partial charge in [0.2, 0.25) is 0 Å². The predicted octanol–water partition coefficient (Wildman–Crippen LogP) is 7.25. The molecule has 2 atom stereocenters. The molecule has 4 aliphatic heterocycles. The summed E-state index contributed by atoms with van der Waals surface area (Å²) in [6, 6.07) is 1.14. The zero-order valence-electron chi connectivity index (χ0n) is 32.2. The van der Waals surface area contributed by atoms with Crippen molar-refractivity contribution in [3.8, 4) is 0 Å². The molecular formula is C36H36F6N6O10S2. The van der Waals surface area contributed by atoms with E-state index in [1.54, 1.807) is 9.80 Å². The van der Waals surface area contributed by atoms with Crippen LogP contribution < -0.4 is 20.9 Å². The Labute approximate surface area is 342 Å². The molecule has 2 aromatic heterocycles. The molecule has 0 saturated carbocycles. The van der Waals surface area contributed by atoms with E-state index < -0.39 is 78.3 Å². The van der Waals surface area contributed by atoms with Gasteiger partial charge in [-0.15, -0.1) is 0 Å². The summed E-state index contributed by atoms with van der Waals surface area (Å²) >= 11 is 1.70. The summed E-state index contributed by atoms with van der Waals surface area (Å²) in [5.74, 6) is -1.36. The predicted molar refractivity (Wildman–Crippen MR) is 206 cm³/mol. The van der Waals surface area contributed by atoms with Crippen molar-refractivity contribution in [3.05, 3.63) is 75.3 Å². The van der Waals surface area contributed by atoms with Gasteiger partial charge in [0.1, 0.15) is 9.40 Å². The molecular weight excluding hydrogens is 855 g/mol. The second-order valence-corrected chi connectivity index (χ2v) is 16.9. The molecule has 0 amide bonds. The monoisotopic (exact) mass is 890 g/mol. The van der Waals surface area contributed by atoms with Crippen molar-refractivity contribution >= 4 is 64.5 Å². The number of piperidine rings is 2. The number of fused-ring (bicyclic) bond motifs is 2. The number of nitrogens with zero attached hydrogens (tertiary/aromatic N) is 6. The topological polar surface area (TPSA) is 190 Å². The van der Waals surface area contributed by atoms with Crippen LogP contribution in [0.15, 0.2) is 21.7 Å². The number of ether oxygens (including phenoxy) is 4. The number of rotatable bonds is 4. The lowest BCUT2D eigenvalue weighted by molar-refractivity contribution is -0.383. The minimum Gasteiger partial charge on any atom is -0.348 e. The van der Waals surface area contributed by atoms with Gasteiger partial charge < -0.3 is 28.7 Å². The van der Waals surface area contributed by atoms with Gasteiger partial charge in [0.05, 0.1) is 57.2 Å². The number of hydrogen-bond donors (Lipinski definition) is 0. The van der Waals surface area contributed by atoms with Gasteiger partial charge in [-0.2, -0.15) is 36.3 Å². The summed E-state index contributed by atoms with van der Waals surface area (Å²) in [5.41, 5.74) is -6.58. The summed E-state index contributed by atoms with van der Waals surface area (Å²) in [5, 5.41) is 22.8. The fourth-order valence-corrected chi connectivity index (χ4v) is 10.3. The van der Waals surface area contributed by atoms with Gasteiger partial charge in [0.25, 0.3) is 22.5 Å². The molecule has 324 valence electrons. The van der Waals surface area contributed by atoms with Crippen LogP contribution >= 0.6 is 22.7 Å². The number of halogens is 6. The van der Waals surface area contributed by atoms with E-state index in [1.165, 1.54) is 0 Å². The molecule has 2 aromatic carbocycles. The first-order chi connectivity index (χ1) is 28.0. The van der Waals surface area contributed by atoms with Crippen molar-refractivity contribution in [2.45, 2.75) is 89.5 Å². The third-order valence-electron chi connectivity index (χ3n) is 10.8. The smallest absolute Gasteiger partial charge is 0.348 e. The number of aromatic nitrogens is 2. The number of alkyl halides is 6. The number of benzene rings is 2. The highest BCUT2D eigenvalue weighted by Gasteiger charge is 2.45. The van der Waals surface area contributed by atoms with Crippen molar-refractivity contribution in [2.24, 2.45) is 0 Å². The molecule has 4 fully saturated rings. The average Bonchev–Trinajstić information content (AvgIpc) is 3.70. The van der Waals surface area contributed by atoms with Crippen LogP contribution in [-0.4, -0.2) is 83.0 Å². The minimum absolute atomic E-state index is 0.0140. The fraction of sp³-hybridized carbons (Fsp3) is 0.556. The molecule has 2 spiro atoms. The highest BCUT2D eigenvalue weighted by molar-refractivity contribution is 7.22. The van der Waals surface area contributed by atoms with Gasteiger partial charge >= 0.3 is 12.4 Å². The van der Waals surface area contributed by atoms with E-state index in [0.717, 1.165) is 36.5 Å². The zero-order chi connectivity index (χ0) is 43.7. The molecule has 4 aromatic rings. The molecule has 16 nitrogen and oxygen atoms in total. The van der Waals surface area contributed by atoms with Gasteiger partial charge in [-0.3, -0.25) is 29.8 Å². The van der Waals surface area contributed by atoms with E-state index in [1.807, 2.05) is 13.8 Å². The lowest BCUT2D eigenvalue weighted by atomic mass is 10.0. The van der Waals surface area contributed by atoms with Crippen LogP contribution in [0.25, 0.3) is 20.2 Å². The third kappa shape index (κ3) is 8.23. The largest absolute Gasteiger partial charge is 0.416 e.